The van der Waals surface area contributed by atoms with E-state index >= 15 is 0 Å². The molecule has 0 atom stereocenters. The highest BCUT2D eigenvalue weighted by molar-refractivity contribution is 5.95. The summed E-state index contributed by atoms with van der Waals surface area (Å²) in [6.07, 6.45) is 0.490. The second kappa shape index (κ2) is 7.59. The third-order valence-electron chi connectivity index (χ3n) is 4.28. The van der Waals surface area contributed by atoms with Crippen molar-refractivity contribution >= 4 is 11.8 Å². The molecule has 7 heteroatoms. The van der Waals surface area contributed by atoms with Crippen LogP contribution in [-0.2, 0) is 0 Å². The first kappa shape index (κ1) is 18.0. The predicted octanol–water partition coefficient (Wildman–Crippen LogP) is 3.09. The molecule has 0 N–H and O–H groups in total. The molecule has 1 aliphatic rings. The Kier molecular flexibility index (Phi) is 5.25. The molecule has 4 nitrogen and oxygen atoms in total. The fourth-order valence-electron chi connectivity index (χ4n) is 2.99. The van der Waals surface area contributed by atoms with Crippen molar-refractivity contribution in [3.05, 3.63) is 71.0 Å². The number of amides is 2. The van der Waals surface area contributed by atoms with Gasteiger partial charge in [0.05, 0.1) is 5.56 Å². The second-order valence-electron chi connectivity index (χ2n) is 6.08. The van der Waals surface area contributed by atoms with Gasteiger partial charge in [-0.05, 0) is 30.7 Å². The van der Waals surface area contributed by atoms with Gasteiger partial charge in [-0.15, -0.1) is 0 Å². The number of benzene rings is 2. The average molecular weight is 362 g/mol. The largest absolute Gasteiger partial charge is 0.337 e. The number of nitrogens with zero attached hydrogens (tertiary/aromatic N) is 2. The molecular weight excluding hydrogens is 345 g/mol. The number of hydrogen-bond acceptors (Lipinski definition) is 2. The number of rotatable bonds is 2. The Morgan fingerprint density at radius 3 is 1.96 bits per heavy atom. The minimum atomic E-state index is -0.820. The fraction of sp³-hybridized carbons (Fsp3) is 0.263. The summed E-state index contributed by atoms with van der Waals surface area (Å²) in [7, 11) is 0. The molecule has 0 bridgehead atoms. The molecule has 0 unspecified atom stereocenters. The first-order chi connectivity index (χ1) is 12.5. The maximum Gasteiger partial charge on any atom is 0.256 e. The van der Waals surface area contributed by atoms with Crippen molar-refractivity contribution in [2.75, 3.05) is 26.2 Å². The maximum absolute atomic E-state index is 13.8. The van der Waals surface area contributed by atoms with Crippen molar-refractivity contribution in [3.63, 3.8) is 0 Å². The van der Waals surface area contributed by atoms with Gasteiger partial charge in [-0.1, -0.05) is 12.1 Å². The average Bonchev–Trinajstić information content (AvgIpc) is 2.86. The lowest BCUT2D eigenvalue weighted by Gasteiger charge is -2.22. The molecule has 1 heterocycles. The highest BCUT2D eigenvalue weighted by Gasteiger charge is 2.25. The zero-order chi connectivity index (χ0) is 18.7. The summed E-state index contributed by atoms with van der Waals surface area (Å²) in [6, 6.07) is 8.40. The highest BCUT2D eigenvalue weighted by atomic mass is 19.1. The van der Waals surface area contributed by atoms with Crippen LogP contribution < -0.4 is 0 Å². The van der Waals surface area contributed by atoms with Gasteiger partial charge in [0.1, 0.15) is 17.5 Å². The molecule has 1 saturated heterocycles. The van der Waals surface area contributed by atoms with Gasteiger partial charge in [-0.2, -0.15) is 0 Å². The maximum atomic E-state index is 13.8. The molecule has 1 fully saturated rings. The van der Waals surface area contributed by atoms with Crippen LogP contribution in [0, 0.1) is 17.5 Å². The van der Waals surface area contributed by atoms with Crippen molar-refractivity contribution in [1.82, 2.24) is 9.80 Å². The molecular formula is C19H17F3N2O2. The second-order valence-corrected chi connectivity index (χ2v) is 6.08. The minimum absolute atomic E-state index is 0.0144. The van der Waals surface area contributed by atoms with E-state index in [2.05, 4.69) is 0 Å². The summed E-state index contributed by atoms with van der Waals surface area (Å²) < 4.78 is 40.5. The molecule has 136 valence electrons. The van der Waals surface area contributed by atoms with Crippen LogP contribution in [0.15, 0.2) is 42.5 Å². The van der Waals surface area contributed by atoms with Gasteiger partial charge in [0.15, 0.2) is 0 Å². The van der Waals surface area contributed by atoms with Crippen molar-refractivity contribution in [1.29, 1.82) is 0 Å². The van der Waals surface area contributed by atoms with Crippen LogP contribution in [0.3, 0.4) is 0 Å². The quantitative estimate of drug-likeness (QED) is 0.824. The van der Waals surface area contributed by atoms with E-state index in [1.807, 2.05) is 0 Å². The van der Waals surface area contributed by atoms with Gasteiger partial charge in [0.2, 0.25) is 0 Å². The Hall–Kier alpha value is -2.83. The van der Waals surface area contributed by atoms with Crippen LogP contribution >= 0.6 is 0 Å². The normalized spacial score (nSPS) is 14.9. The molecule has 3 rings (SSSR count). The predicted molar refractivity (Wildman–Crippen MR) is 89.2 cm³/mol. The Bertz CT molecular complexity index is 821. The monoisotopic (exact) mass is 362 g/mol. The molecule has 0 radical (unpaired) electrons. The molecule has 0 saturated carbocycles. The molecule has 2 amide bonds. The summed E-state index contributed by atoms with van der Waals surface area (Å²) in [6.45, 7) is 1.14. The summed E-state index contributed by atoms with van der Waals surface area (Å²) in [4.78, 5) is 27.9. The zero-order valence-electron chi connectivity index (χ0n) is 13.9. The molecule has 1 aliphatic heterocycles. The van der Waals surface area contributed by atoms with E-state index in [0.29, 0.717) is 25.6 Å². The molecule has 0 aromatic heterocycles. The van der Waals surface area contributed by atoms with E-state index < -0.39 is 29.3 Å². The van der Waals surface area contributed by atoms with Crippen LogP contribution in [0.4, 0.5) is 13.2 Å². The molecule has 26 heavy (non-hydrogen) atoms. The van der Waals surface area contributed by atoms with Gasteiger partial charge in [0.25, 0.3) is 11.8 Å². The summed E-state index contributed by atoms with van der Waals surface area (Å²) in [5, 5.41) is 0. The Labute approximate surface area is 148 Å². The van der Waals surface area contributed by atoms with E-state index in [9.17, 15) is 22.8 Å². The lowest BCUT2D eigenvalue weighted by Crippen LogP contribution is -2.37. The van der Waals surface area contributed by atoms with E-state index in [-0.39, 0.29) is 24.2 Å². The Morgan fingerprint density at radius 2 is 1.35 bits per heavy atom. The molecule has 2 aromatic rings. The number of halogens is 3. The van der Waals surface area contributed by atoms with Gasteiger partial charge >= 0.3 is 0 Å². The smallest absolute Gasteiger partial charge is 0.256 e. The van der Waals surface area contributed by atoms with E-state index in [4.69, 9.17) is 0 Å². The molecule has 0 aliphatic carbocycles. The Morgan fingerprint density at radius 1 is 0.769 bits per heavy atom. The van der Waals surface area contributed by atoms with E-state index in [1.165, 1.54) is 28.0 Å². The van der Waals surface area contributed by atoms with Crippen LogP contribution in [0.5, 0.6) is 0 Å². The number of carbonyl (C=O) groups is 2. The number of hydrogen-bond donors (Lipinski definition) is 0. The van der Waals surface area contributed by atoms with Crippen LogP contribution in [0.2, 0.25) is 0 Å². The van der Waals surface area contributed by atoms with Gasteiger partial charge in [-0.25, -0.2) is 13.2 Å². The van der Waals surface area contributed by atoms with E-state index in [0.717, 1.165) is 12.1 Å². The molecule has 0 spiro atoms. The third-order valence-corrected chi connectivity index (χ3v) is 4.28. The van der Waals surface area contributed by atoms with Crippen LogP contribution in [-0.4, -0.2) is 47.8 Å². The minimum Gasteiger partial charge on any atom is -0.337 e. The first-order valence-electron chi connectivity index (χ1n) is 8.25. The van der Waals surface area contributed by atoms with Gasteiger partial charge < -0.3 is 9.80 Å². The zero-order valence-corrected chi connectivity index (χ0v) is 13.9. The fourth-order valence-corrected chi connectivity index (χ4v) is 2.99. The van der Waals surface area contributed by atoms with Crippen molar-refractivity contribution < 1.29 is 22.8 Å². The van der Waals surface area contributed by atoms with Crippen molar-refractivity contribution in [2.24, 2.45) is 0 Å². The third kappa shape index (κ3) is 3.87. The van der Waals surface area contributed by atoms with Crippen molar-refractivity contribution in [2.45, 2.75) is 6.42 Å². The van der Waals surface area contributed by atoms with Crippen molar-refractivity contribution in [3.8, 4) is 0 Å². The van der Waals surface area contributed by atoms with Crippen LogP contribution in [0.1, 0.15) is 27.1 Å². The standard InChI is InChI=1S/C19H17F3N2O2/c20-14-10-13(11-15(21)12-14)18(25)23-6-3-7-24(9-8-23)19(26)16-4-1-2-5-17(16)22/h1-2,4-5,10-12H,3,6-9H2. The first-order valence-corrected chi connectivity index (χ1v) is 8.25. The van der Waals surface area contributed by atoms with E-state index in [1.54, 1.807) is 6.07 Å². The highest BCUT2D eigenvalue weighted by Crippen LogP contribution is 2.15. The van der Waals surface area contributed by atoms with Crippen LogP contribution in [0.25, 0.3) is 0 Å². The number of carbonyl (C=O) groups excluding carboxylic acids is 2. The topological polar surface area (TPSA) is 40.6 Å². The lowest BCUT2D eigenvalue weighted by molar-refractivity contribution is 0.0715. The summed E-state index contributed by atoms with van der Waals surface area (Å²) >= 11 is 0. The SMILES string of the molecule is O=C(c1cc(F)cc(F)c1)N1CCCN(C(=O)c2ccccc2F)CC1. The lowest BCUT2D eigenvalue weighted by atomic mass is 10.2. The summed E-state index contributed by atoms with van der Waals surface area (Å²) in [5.41, 5.74) is -0.0872. The summed E-state index contributed by atoms with van der Waals surface area (Å²) in [5.74, 6) is -3.17. The van der Waals surface area contributed by atoms with Gasteiger partial charge in [-0.3, -0.25) is 9.59 Å². The Balaban J connectivity index is 1.71. The van der Waals surface area contributed by atoms with Gasteiger partial charge in [0, 0.05) is 37.8 Å². The molecule has 2 aromatic carbocycles.